The topological polar surface area (TPSA) is 107 Å². The van der Waals surface area contributed by atoms with Gasteiger partial charge < -0.3 is 10.2 Å². The van der Waals surface area contributed by atoms with Crippen LogP contribution in [0.3, 0.4) is 0 Å². The zero-order valence-electron chi connectivity index (χ0n) is 9.66. The minimum Gasteiger partial charge on any atom is -0.479 e. The Labute approximate surface area is 101 Å². The van der Waals surface area contributed by atoms with Crippen LogP contribution in [0, 0.1) is 5.92 Å². The lowest BCUT2D eigenvalue weighted by Gasteiger charge is -2.29. The van der Waals surface area contributed by atoms with Crippen LogP contribution in [0.25, 0.3) is 0 Å². The molecule has 0 aromatic carbocycles. The molecule has 100 valence electrons. The Balaban J connectivity index is 2.48. The van der Waals surface area contributed by atoms with Crippen LogP contribution in [0.4, 0.5) is 0 Å². The molecule has 1 rings (SSSR count). The molecule has 1 atom stereocenters. The van der Waals surface area contributed by atoms with Gasteiger partial charge in [-0.05, 0) is 18.8 Å². The standard InChI is InChI=1S/C9H18N2O5S/c1-7-2-4-11(5-3-7)17(15,16)10-6-8(12)9(13)14/h7-8,10,12H,2-6H2,1H3,(H,13,14). The number of carboxylic acid groups (broad SMARTS) is 1. The average Bonchev–Trinajstić information content (AvgIpc) is 2.26. The molecular formula is C9H18N2O5S. The maximum Gasteiger partial charge on any atom is 0.333 e. The van der Waals surface area contributed by atoms with Crippen LogP contribution in [0.15, 0.2) is 0 Å². The van der Waals surface area contributed by atoms with Crippen LogP contribution in [0.2, 0.25) is 0 Å². The molecule has 1 saturated heterocycles. The SMILES string of the molecule is CC1CCN(S(=O)(=O)NCC(O)C(=O)O)CC1. The maximum absolute atomic E-state index is 11.7. The van der Waals surface area contributed by atoms with Gasteiger partial charge in [0, 0.05) is 19.6 Å². The highest BCUT2D eigenvalue weighted by Crippen LogP contribution is 2.17. The van der Waals surface area contributed by atoms with E-state index < -0.39 is 28.8 Å². The lowest BCUT2D eigenvalue weighted by molar-refractivity contribution is -0.146. The highest BCUT2D eigenvalue weighted by atomic mass is 32.2. The van der Waals surface area contributed by atoms with E-state index in [1.54, 1.807) is 0 Å². The van der Waals surface area contributed by atoms with E-state index in [1.165, 1.54) is 4.31 Å². The van der Waals surface area contributed by atoms with Gasteiger partial charge in [-0.1, -0.05) is 6.92 Å². The quantitative estimate of drug-likeness (QED) is 0.591. The molecule has 7 nitrogen and oxygen atoms in total. The molecule has 0 aliphatic carbocycles. The minimum absolute atomic E-state index is 0.430. The average molecular weight is 266 g/mol. The van der Waals surface area contributed by atoms with Crippen molar-refractivity contribution in [3.8, 4) is 0 Å². The van der Waals surface area contributed by atoms with Crippen molar-refractivity contribution >= 4 is 16.2 Å². The molecule has 0 radical (unpaired) electrons. The maximum atomic E-state index is 11.7. The third kappa shape index (κ3) is 4.23. The Bertz CT molecular complexity index is 362. The van der Waals surface area contributed by atoms with E-state index in [2.05, 4.69) is 11.6 Å². The number of piperidine rings is 1. The van der Waals surface area contributed by atoms with Gasteiger partial charge in [0.1, 0.15) is 0 Å². The normalized spacial score (nSPS) is 21.3. The fourth-order valence-electron chi connectivity index (χ4n) is 1.59. The van der Waals surface area contributed by atoms with Crippen LogP contribution >= 0.6 is 0 Å². The lowest BCUT2D eigenvalue weighted by atomic mass is 10.0. The molecule has 1 unspecified atom stereocenters. The summed E-state index contributed by atoms with van der Waals surface area (Å²) in [5.74, 6) is -0.939. The number of hydrogen-bond donors (Lipinski definition) is 3. The second-order valence-electron chi connectivity index (χ2n) is 4.29. The Hall–Kier alpha value is -0.700. The molecule has 1 aliphatic rings. The van der Waals surface area contributed by atoms with E-state index in [9.17, 15) is 13.2 Å². The van der Waals surface area contributed by atoms with Gasteiger partial charge in [0.2, 0.25) is 0 Å². The fourth-order valence-corrected chi connectivity index (χ4v) is 2.83. The Morgan fingerprint density at radius 2 is 2.00 bits per heavy atom. The number of aliphatic hydroxyl groups is 1. The number of hydrogen-bond acceptors (Lipinski definition) is 4. The summed E-state index contributed by atoms with van der Waals surface area (Å²) < 4.78 is 26.8. The van der Waals surface area contributed by atoms with Gasteiger partial charge in [0.15, 0.2) is 6.10 Å². The zero-order chi connectivity index (χ0) is 13.1. The highest BCUT2D eigenvalue weighted by molar-refractivity contribution is 7.87. The Morgan fingerprint density at radius 1 is 1.47 bits per heavy atom. The van der Waals surface area contributed by atoms with Gasteiger partial charge in [-0.25, -0.2) is 4.79 Å². The van der Waals surface area contributed by atoms with Gasteiger partial charge in [-0.3, -0.25) is 0 Å². The first-order valence-corrected chi connectivity index (χ1v) is 6.92. The van der Waals surface area contributed by atoms with Crippen LogP contribution in [0.5, 0.6) is 0 Å². The second kappa shape index (κ2) is 5.76. The smallest absolute Gasteiger partial charge is 0.333 e. The van der Waals surface area contributed by atoms with Crippen molar-refractivity contribution in [2.45, 2.75) is 25.9 Å². The predicted octanol–water partition coefficient (Wildman–Crippen LogP) is -1.00. The molecule has 1 heterocycles. The van der Waals surface area contributed by atoms with Gasteiger partial charge in [-0.2, -0.15) is 17.4 Å². The monoisotopic (exact) mass is 266 g/mol. The third-order valence-corrected chi connectivity index (χ3v) is 4.40. The molecule has 0 spiro atoms. The molecule has 0 aromatic rings. The summed E-state index contributed by atoms with van der Waals surface area (Å²) in [6, 6.07) is 0. The first-order chi connectivity index (χ1) is 7.83. The van der Waals surface area contributed by atoms with Crippen molar-refractivity contribution in [1.29, 1.82) is 0 Å². The summed E-state index contributed by atoms with van der Waals surface area (Å²) in [6.07, 6.45) is -0.126. The van der Waals surface area contributed by atoms with E-state index >= 15 is 0 Å². The van der Waals surface area contributed by atoms with Crippen molar-refractivity contribution in [2.24, 2.45) is 5.92 Å². The number of carboxylic acids is 1. The second-order valence-corrected chi connectivity index (χ2v) is 6.04. The van der Waals surface area contributed by atoms with Crippen LogP contribution in [0.1, 0.15) is 19.8 Å². The van der Waals surface area contributed by atoms with E-state index in [0.717, 1.165) is 12.8 Å². The fraction of sp³-hybridized carbons (Fsp3) is 0.889. The van der Waals surface area contributed by atoms with Crippen molar-refractivity contribution in [3.05, 3.63) is 0 Å². The largest absolute Gasteiger partial charge is 0.479 e. The number of nitrogens with one attached hydrogen (secondary N) is 1. The number of carbonyl (C=O) groups is 1. The van der Waals surface area contributed by atoms with E-state index in [0.29, 0.717) is 19.0 Å². The van der Waals surface area contributed by atoms with E-state index in [4.69, 9.17) is 10.2 Å². The highest BCUT2D eigenvalue weighted by Gasteiger charge is 2.27. The zero-order valence-corrected chi connectivity index (χ0v) is 10.5. The Kier molecular flexibility index (Phi) is 4.87. The molecule has 8 heteroatoms. The number of aliphatic hydroxyl groups excluding tert-OH is 1. The first kappa shape index (κ1) is 14.4. The summed E-state index contributed by atoms with van der Waals surface area (Å²) in [4.78, 5) is 10.3. The van der Waals surface area contributed by atoms with Gasteiger partial charge in [0.25, 0.3) is 10.2 Å². The number of rotatable bonds is 5. The molecule has 3 N–H and O–H groups in total. The van der Waals surface area contributed by atoms with E-state index in [1.807, 2.05) is 0 Å². The van der Waals surface area contributed by atoms with Gasteiger partial charge >= 0.3 is 5.97 Å². The summed E-state index contributed by atoms with van der Waals surface area (Å²) in [5, 5.41) is 17.4. The van der Waals surface area contributed by atoms with Crippen LogP contribution in [-0.4, -0.2) is 54.6 Å². The summed E-state index contributed by atoms with van der Waals surface area (Å²) in [7, 11) is -3.68. The summed E-state index contributed by atoms with van der Waals surface area (Å²) in [5.41, 5.74) is 0. The van der Waals surface area contributed by atoms with Crippen molar-refractivity contribution < 1.29 is 23.4 Å². The molecule has 0 amide bonds. The number of aliphatic carboxylic acids is 1. The van der Waals surface area contributed by atoms with E-state index in [-0.39, 0.29) is 0 Å². The van der Waals surface area contributed by atoms with Crippen LogP contribution < -0.4 is 4.72 Å². The van der Waals surface area contributed by atoms with Crippen molar-refractivity contribution in [2.75, 3.05) is 19.6 Å². The summed E-state index contributed by atoms with van der Waals surface area (Å²) in [6.45, 7) is 2.41. The minimum atomic E-state index is -3.68. The molecule has 1 aliphatic heterocycles. The van der Waals surface area contributed by atoms with Crippen molar-refractivity contribution in [1.82, 2.24) is 9.03 Å². The molecule has 0 bridgehead atoms. The lowest BCUT2D eigenvalue weighted by Crippen LogP contribution is -2.47. The van der Waals surface area contributed by atoms with Crippen LogP contribution in [-0.2, 0) is 15.0 Å². The molecule has 1 fully saturated rings. The first-order valence-electron chi connectivity index (χ1n) is 5.48. The van der Waals surface area contributed by atoms with Gasteiger partial charge in [-0.15, -0.1) is 0 Å². The Morgan fingerprint density at radius 3 is 2.47 bits per heavy atom. The molecular weight excluding hydrogens is 248 g/mol. The molecule has 0 aromatic heterocycles. The third-order valence-electron chi connectivity index (χ3n) is 2.83. The predicted molar refractivity (Wildman–Crippen MR) is 60.5 cm³/mol. The van der Waals surface area contributed by atoms with Gasteiger partial charge in [0.05, 0.1) is 0 Å². The molecule has 0 saturated carbocycles. The molecule has 17 heavy (non-hydrogen) atoms. The van der Waals surface area contributed by atoms with Crippen molar-refractivity contribution in [3.63, 3.8) is 0 Å². The number of nitrogens with zero attached hydrogens (tertiary/aromatic N) is 1. The summed E-state index contributed by atoms with van der Waals surface area (Å²) >= 11 is 0.